The topological polar surface area (TPSA) is 58.6 Å². The lowest BCUT2D eigenvalue weighted by molar-refractivity contribution is -0.142. The smallest absolute Gasteiger partial charge is 0.347 e. The summed E-state index contributed by atoms with van der Waals surface area (Å²) in [4.78, 5) is 12.4. The van der Waals surface area contributed by atoms with Crippen molar-refractivity contribution in [2.45, 2.75) is 16.7 Å². The highest BCUT2D eigenvalue weighted by Gasteiger charge is 2.47. The fourth-order valence-corrected chi connectivity index (χ4v) is 3.76. The van der Waals surface area contributed by atoms with Gasteiger partial charge in [0.1, 0.15) is 5.75 Å². The molecule has 0 radical (unpaired) electrons. The van der Waals surface area contributed by atoms with Crippen molar-refractivity contribution < 1.29 is 14.6 Å². The molecule has 0 fully saturated rings. The van der Waals surface area contributed by atoms with E-state index in [0.29, 0.717) is 0 Å². The average molecular weight is 301 g/mol. The number of ether oxygens (including phenoxy) is 1. The van der Waals surface area contributed by atoms with Gasteiger partial charge in [-0.2, -0.15) is 0 Å². The van der Waals surface area contributed by atoms with E-state index in [2.05, 4.69) is 5.32 Å². The highest BCUT2D eigenvalue weighted by Crippen LogP contribution is 2.52. The molecule has 0 spiro atoms. The zero-order chi connectivity index (χ0) is 15.0. The standard InChI is InChI=1S/C16H15NO3S/c1-10-3-8-13-14(9-10)21-16(17-13,15(19)20-2)11-4-6-12(18)7-5-11/h3-9,17-18H,1-2H3. The third-order valence-corrected chi connectivity index (χ3v) is 4.83. The largest absolute Gasteiger partial charge is 0.508 e. The van der Waals surface area contributed by atoms with Crippen molar-refractivity contribution >= 4 is 23.4 Å². The van der Waals surface area contributed by atoms with Crippen LogP contribution in [0.25, 0.3) is 0 Å². The quantitative estimate of drug-likeness (QED) is 0.834. The van der Waals surface area contributed by atoms with Crippen LogP contribution in [0.2, 0.25) is 0 Å². The van der Waals surface area contributed by atoms with Crippen molar-refractivity contribution in [1.29, 1.82) is 0 Å². The SMILES string of the molecule is COC(=O)C1(c2ccc(O)cc2)Nc2ccc(C)cc2S1. The Morgan fingerprint density at radius 1 is 1.24 bits per heavy atom. The van der Waals surface area contributed by atoms with Crippen LogP contribution in [0.15, 0.2) is 47.4 Å². The molecule has 0 amide bonds. The van der Waals surface area contributed by atoms with Gasteiger partial charge in [-0.05, 0) is 42.3 Å². The van der Waals surface area contributed by atoms with Crippen molar-refractivity contribution in [2.75, 3.05) is 12.4 Å². The van der Waals surface area contributed by atoms with Crippen molar-refractivity contribution in [1.82, 2.24) is 0 Å². The molecule has 1 aliphatic rings. The molecule has 0 saturated heterocycles. The van der Waals surface area contributed by atoms with Gasteiger partial charge in [0.25, 0.3) is 0 Å². The summed E-state index contributed by atoms with van der Waals surface area (Å²) >= 11 is 1.42. The number of thioether (sulfide) groups is 1. The molecular formula is C16H15NO3S. The van der Waals surface area contributed by atoms with Crippen LogP contribution < -0.4 is 5.32 Å². The second kappa shape index (κ2) is 5.00. The monoisotopic (exact) mass is 301 g/mol. The van der Waals surface area contributed by atoms with Crippen molar-refractivity contribution in [3.63, 3.8) is 0 Å². The lowest BCUT2D eigenvalue weighted by Crippen LogP contribution is -2.38. The number of esters is 1. The van der Waals surface area contributed by atoms with Gasteiger partial charge < -0.3 is 15.2 Å². The van der Waals surface area contributed by atoms with Crippen LogP contribution >= 0.6 is 11.8 Å². The highest BCUT2D eigenvalue weighted by atomic mass is 32.2. The van der Waals surface area contributed by atoms with Crippen LogP contribution in [0.3, 0.4) is 0 Å². The third-order valence-electron chi connectivity index (χ3n) is 3.46. The molecule has 1 atom stereocenters. The Morgan fingerprint density at radius 2 is 1.95 bits per heavy atom. The minimum atomic E-state index is -1.02. The normalized spacial score (nSPS) is 19.7. The minimum Gasteiger partial charge on any atom is -0.508 e. The molecule has 5 heteroatoms. The number of carbonyl (C=O) groups excluding carboxylic acids is 1. The van der Waals surface area contributed by atoms with E-state index in [9.17, 15) is 9.90 Å². The first kappa shape index (κ1) is 13.8. The Morgan fingerprint density at radius 3 is 2.62 bits per heavy atom. The Hall–Kier alpha value is -2.14. The first-order valence-corrected chi connectivity index (χ1v) is 7.32. The number of hydrogen-bond acceptors (Lipinski definition) is 5. The number of aromatic hydroxyl groups is 1. The van der Waals surface area contributed by atoms with Gasteiger partial charge in [0.15, 0.2) is 0 Å². The van der Waals surface area contributed by atoms with Crippen LogP contribution in [0.1, 0.15) is 11.1 Å². The number of aryl methyl sites for hydroxylation is 1. The number of methoxy groups -OCH3 is 1. The second-order valence-electron chi connectivity index (χ2n) is 4.95. The van der Waals surface area contributed by atoms with E-state index in [4.69, 9.17) is 4.74 Å². The maximum absolute atomic E-state index is 12.4. The molecule has 0 bridgehead atoms. The number of benzene rings is 2. The first-order chi connectivity index (χ1) is 10.0. The van der Waals surface area contributed by atoms with E-state index in [0.717, 1.165) is 21.7 Å². The molecule has 2 N–H and O–H groups in total. The maximum Gasteiger partial charge on any atom is 0.347 e. The molecule has 1 heterocycles. The molecule has 0 aliphatic carbocycles. The van der Waals surface area contributed by atoms with Gasteiger partial charge in [-0.3, -0.25) is 0 Å². The van der Waals surface area contributed by atoms with Crippen LogP contribution in [0.4, 0.5) is 5.69 Å². The van der Waals surface area contributed by atoms with E-state index in [1.54, 1.807) is 24.3 Å². The Balaban J connectivity index is 2.09. The number of carbonyl (C=O) groups is 1. The number of phenols is 1. The van der Waals surface area contributed by atoms with Gasteiger partial charge in [0.05, 0.1) is 7.11 Å². The van der Waals surface area contributed by atoms with Crippen LogP contribution in [0, 0.1) is 6.92 Å². The molecule has 108 valence electrons. The van der Waals surface area contributed by atoms with Gasteiger partial charge in [-0.1, -0.05) is 30.0 Å². The first-order valence-electron chi connectivity index (χ1n) is 6.51. The Bertz CT molecular complexity index is 699. The van der Waals surface area contributed by atoms with E-state index >= 15 is 0 Å². The molecule has 2 aromatic rings. The Labute approximate surface area is 127 Å². The van der Waals surface area contributed by atoms with E-state index in [1.807, 2.05) is 25.1 Å². The van der Waals surface area contributed by atoms with Gasteiger partial charge in [0, 0.05) is 10.6 Å². The minimum absolute atomic E-state index is 0.162. The maximum atomic E-state index is 12.4. The number of anilines is 1. The predicted molar refractivity (Wildman–Crippen MR) is 82.5 cm³/mol. The summed E-state index contributed by atoms with van der Waals surface area (Å²) in [5.41, 5.74) is 2.78. The van der Waals surface area contributed by atoms with E-state index in [-0.39, 0.29) is 11.7 Å². The second-order valence-corrected chi connectivity index (χ2v) is 6.20. The molecular weight excluding hydrogens is 286 g/mol. The highest BCUT2D eigenvalue weighted by molar-refractivity contribution is 8.01. The summed E-state index contributed by atoms with van der Waals surface area (Å²) in [6.07, 6.45) is 0. The number of nitrogens with one attached hydrogen (secondary N) is 1. The van der Waals surface area contributed by atoms with Crippen LogP contribution in [-0.4, -0.2) is 18.2 Å². The van der Waals surface area contributed by atoms with Crippen LogP contribution in [0.5, 0.6) is 5.75 Å². The van der Waals surface area contributed by atoms with E-state index in [1.165, 1.54) is 18.9 Å². The fourth-order valence-electron chi connectivity index (χ4n) is 2.38. The summed E-state index contributed by atoms with van der Waals surface area (Å²) in [7, 11) is 1.38. The lowest BCUT2D eigenvalue weighted by Gasteiger charge is -2.26. The summed E-state index contributed by atoms with van der Waals surface area (Å²) < 4.78 is 5.00. The lowest BCUT2D eigenvalue weighted by atomic mass is 10.1. The summed E-state index contributed by atoms with van der Waals surface area (Å²) in [6, 6.07) is 12.6. The number of rotatable bonds is 2. The van der Waals surface area contributed by atoms with Gasteiger partial charge in [-0.15, -0.1) is 0 Å². The zero-order valence-electron chi connectivity index (χ0n) is 11.7. The third kappa shape index (κ3) is 2.23. The fraction of sp³-hybridized carbons (Fsp3) is 0.188. The molecule has 2 aromatic carbocycles. The zero-order valence-corrected chi connectivity index (χ0v) is 12.5. The molecule has 4 nitrogen and oxygen atoms in total. The molecule has 0 saturated carbocycles. The van der Waals surface area contributed by atoms with Crippen molar-refractivity contribution in [3.8, 4) is 5.75 Å². The average Bonchev–Trinajstić information content (AvgIpc) is 2.86. The summed E-state index contributed by atoms with van der Waals surface area (Å²) in [6.45, 7) is 2.01. The Kier molecular flexibility index (Phi) is 3.29. The predicted octanol–water partition coefficient (Wildman–Crippen LogP) is 3.24. The summed E-state index contributed by atoms with van der Waals surface area (Å²) in [5, 5.41) is 12.7. The molecule has 1 unspecified atom stereocenters. The molecule has 3 rings (SSSR count). The number of fused-ring (bicyclic) bond motifs is 1. The summed E-state index contributed by atoms with van der Waals surface area (Å²) in [5.74, 6) is -0.206. The number of hydrogen-bond donors (Lipinski definition) is 2. The number of phenolic OH excluding ortho intramolecular Hbond substituents is 1. The molecule has 1 aliphatic heterocycles. The molecule has 0 aromatic heterocycles. The van der Waals surface area contributed by atoms with E-state index < -0.39 is 4.87 Å². The van der Waals surface area contributed by atoms with Crippen LogP contribution in [-0.2, 0) is 14.4 Å². The van der Waals surface area contributed by atoms with Crippen molar-refractivity contribution in [2.24, 2.45) is 0 Å². The van der Waals surface area contributed by atoms with Gasteiger partial charge >= 0.3 is 5.97 Å². The van der Waals surface area contributed by atoms with Gasteiger partial charge in [0.2, 0.25) is 4.87 Å². The van der Waals surface area contributed by atoms with Crippen molar-refractivity contribution in [3.05, 3.63) is 53.6 Å². The van der Waals surface area contributed by atoms with Gasteiger partial charge in [-0.25, -0.2) is 4.79 Å². The molecule has 21 heavy (non-hydrogen) atoms.